The van der Waals surface area contributed by atoms with E-state index in [0.29, 0.717) is 22.7 Å². The summed E-state index contributed by atoms with van der Waals surface area (Å²) in [4.78, 5) is 29.8. The van der Waals surface area contributed by atoms with Crippen LogP contribution in [0.4, 0.5) is 0 Å². The van der Waals surface area contributed by atoms with Gasteiger partial charge in [0.25, 0.3) is 5.56 Å². The van der Waals surface area contributed by atoms with Gasteiger partial charge in [-0.05, 0) is 38.5 Å². The van der Waals surface area contributed by atoms with Gasteiger partial charge in [0.05, 0.1) is 12.8 Å². The highest BCUT2D eigenvalue weighted by Gasteiger charge is 2.23. The maximum atomic E-state index is 12.8. The second kappa shape index (κ2) is 5.60. The Morgan fingerprint density at radius 1 is 1.00 bits per heavy atom. The van der Waals surface area contributed by atoms with E-state index in [9.17, 15) is 9.59 Å². The highest BCUT2D eigenvalue weighted by Crippen LogP contribution is 2.30. The summed E-state index contributed by atoms with van der Waals surface area (Å²) < 4.78 is 11.8. The first-order valence-electron chi connectivity index (χ1n) is 8.59. The smallest absolute Gasteiger partial charge is 0.332 e. The van der Waals surface area contributed by atoms with Crippen LogP contribution in [0.3, 0.4) is 0 Å². The quantitative estimate of drug-likeness (QED) is 0.539. The number of methoxy groups -OCH3 is 1. The molecule has 0 aliphatic heterocycles. The molecule has 140 valence electrons. The summed E-state index contributed by atoms with van der Waals surface area (Å²) in [5.41, 5.74) is 3.73. The number of rotatable bonds is 2. The average Bonchev–Trinajstić information content (AvgIpc) is 3.14. The Balaban J connectivity index is 2.26. The molecule has 0 radical (unpaired) electrons. The zero-order chi connectivity index (χ0) is 19.6. The minimum absolute atomic E-state index is 0.363. The van der Waals surface area contributed by atoms with Crippen molar-refractivity contribution in [3.63, 3.8) is 0 Å². The molecule has 0 fully saturated rings. The molecule has 3 aromatic heterocycles. The summed E-state index contributed by atoms with van der Waals surface area (Å²) in [6, 6.07) is 5.90. The van der Waals surface area contributed by atoms with Crippen LogP contribution >= 0.6 is 0 Å². The Morgan fingerprint density at radius 3 is 2.37 bits per heavy atom. The van der Waals surface area contributed by atoms with Crippen molar-refractivity contribution in [3.8, 4) is 11.4 Å². The number of fused-ring (bicyclic) bond motifs is 3. The highest BCUT2D eigenvalue weighted by atomic mass is 16.5. The van der Waals surface area contributed by atoms with E-state index in [1.54, 1.807) is 14.2 Å². The predicted octanol–water partition coefficient (Wildman–Crippen LogP) is 1.61. The van der Waals surface area contributed by atoms with E-state index in [1.165, 1.54) is 11.6 Å². The second-order valence-corrected chi connectivity index (χ2v) is 6.81. The van der Waals surface area contributed by atoms with Crippen LogP contribution in [0, 0.1) is 20.8 Å². The van der Waals surface area contributed by atoms with Crippen molar-refractivity contribution in [3.05, 3.63) is 56.0 Å². The molecule has 0 saturated heterocycles. The molecule has 1 aromatic carbocycles. The minimum atomic E-state index is -0.401. The Hall–Kier alpha value is -3.29. The highest BCUT2D eigenvalue weighted by molar-refractivity contribution is 5.77. The molecule has 8 heteroatoms. The fourth-order valence-corrected chi connectivity index (χ4v) is 3.59. The number of benzene rings is 1. The number of aryl methyl sites for hydroxylation is 3. The zero-order valence-electron chi connectivity index (χ0n) is 16.2. The molecular weight excluding hydrogens is 346 g/mol. The molecule has 0 N–H and O–H groups in total. The minimum Gasteiger partial charge on any atom is -0.495 e. The van der Waals surface area contributed by atoms with E-state index in [2.05, 4.69) is 4.98 Å². The van der Waals surface area contributed by atoms with E-state index < -0.39 is 5.69 Å². The molecular formula is C19H21N5O3. The molecule has 4 rings (SSSR count). The molecule has 27 heavy (non-hydrogen) atoms. The molecule has 4 aromatic rings. The first-order valence-corrected chi connectivity index (χ1v) is 8.59. The standard InChI is InChI=1S/C19H21N5O3/c1-10-7-8-14(27-6)13(9-10)23-11(2)12(3)24-15-16(20-18(23)24)21(4)19(26)22(5)17(15)25/h7-9H,1-6H3. The lowest BCUT2D eigenvalue weighted by Crippen LogP contribution is -2.37. The van der Waals surface area contributed by atoms with Gasteiger partial charge in [0.15, 0.2) is 11.2 Å². The number of hydrogen-bond donors (Lipinski definition) is 0. The third-order valence-electron chi connectivity index (χ3n) is 5.21. The topological polar surface area (TPSA) is 75.5 Å². The van der Waals surface area contributed by atoms with Gasteiger partial charge in [0.2, 0.25) is 5.78 Å². The largest absolute Gasteiger partial charge is 0.495 e. The lowest BCUT2D eigenvalue weighted by atomic mass is 10.2. The van der Waals surface area contributed by atoms with Crippen LogP contribution < -0.4 is 16.0 Å². The van der Waals surface area contributed by atoms with E-state index in [1.807, 2.05) is 47.9 Å². The molecule has 0 saturated carbocycles. The van der Waals surface area contributed by atoms with Crippen molar-refractivity contribution in [2.24, 2.45) is 14.1 Å². The molecule has 0 aliphatic carbocycles. The van der Waals surface area contributed by atoms with Crippen LogP contribution in [0.5, 0.6) is 5.75 Å². The van der Waals surface area contributed by atoms with Crippen molar-refractivity contribution in [2.45, 2.75) is 20.8 Å². The van der Waals surface area contributed by atoms with Gasteiger partial charge < -0.3 is 4.74 Å². The molecule has 0 aliphatic rings. The lowest BCUT2D eigenvalue weighted by molar-refractivity contribution is 0.413. The average molecular weight is 367 g/mol. The molecule has 0 unspecified atom stereocenters. The summed E-state index contributed by atoms with van der Waals surface area (Å²) in [5.74, 6) is 1.28. The van der Waals surface area contributed by atoms with Crippen LogP contribution in [0.1, 0.15) is 17.0 Å². The van der Waals surface area contributed by atoms with Gasteiger partial charge >= 0.3 is 5.69 Å². The Bertz CT molecular complexity index is 1350. The fourth-order valence-electron chi connectivity index (χ4n) is 3.59. The lowest BCUT2D eigenvalue weighted by Gasteiger charge is -2.12. The van der Waals surface area contributed by atoms with E-state index in [4.69, 9.17) is 4.74 Å². The van der Waals surface area contributed by atoms with Crippen molar-refractivity contribution in [2.75, 3.05) is 7.11 Å². The van der Waals surface area contributed by atoms with E-state index >= 15 is 0 Å². The summed E-state index contributed by atoms with van der Waals surface area (Å²) >= 11 is 0. The number of imidazole rings is 2. The number of ether oxygens (including phenoxy) is 1. The van der Waals surface area contributed by atoms with E-state index in [-0.39, 0.29) is 5.56 Å². The van der Waals surface area contributed by atoms with E-state index in [0.717, 1.165) is 27.2 Å². The Morgan fingerprint density at radius 2 is 1.70 bits per heavy atom. The maximum absolute atomic E-state index is 12.8. The normalized spacial score (nSPS) is 11.6. The van der Waals surface area contributed by atoms with Crippen LogP contribution in [0.25, 0.3) is 22.6 Å². The number of aromatic nitrogens is 5. The third-order valence-corrected chi connectivity index (χ3v) is 5.21. The van der Waals surface area contributed by atoms with Crippen molar-refractivity contribution in [1.82, 2.24) is 23.1 Å². The number of hydrogen-bond acceptors (Lipinski definition) is 4. The Kier molecular flexibility index (Phi) is 3.56. The van der Waals surface area contributed by atoms with Gasteiger partial charge in [-0.25, -0.2) is 4.79 Å². The summed E-state index contributed by atoms with van der Waals surface area (Å²) in [6.45, 7) is 5.92. The zero-order valence-corrected chi connectivity index (χ0v) is 16.2. The van der Waals surface area contributed by atoms with Crippen molar-refractivity contribution >= 4 is 16.9 Å². The van der Waals surface area contributed by atoms with Crippen LogP contribution in [-0.2, 0) is 14.1 Å². The van der Waals surface area contributed by atoms with Gasteiger partial charge in [0, 0.05) is 25.5 Å². The summed E-state index contributed by atoms with van der Waals surface area (Å²) in [6.07, 6.45) is 0. The third kappa shape index (κ3) is 2.12. The molecule has 0 bridgehead atoms. The molecule has 8 nitrogen and oxygen atoms in total. The summed E-state index contributed by atoms with van der Waals surface area (Å²) in [5, 5.41) is 0. The fraction of sp³-hybridized carbons (Fsp3) is 0.316. The van der Waals surface area contributed by atoms with Crippen LogP contribution in [0.15, 0.2) is 27.8 Å². The molecule has 0 amide bonds. The van der Waals surface area contributed by atoms with Crippen LogP contribution in [-0.4, -0.2) is 30.2 Å². The van der Waals surface area contributed by atoms with Crippen molar-refractivity contribution < 1.29 is 4.74 Å². The van der Waals surface area contributed by atoms with Gasteiger partial charge in [0.1, 0.15) is 5.75 Å². The van der Waals surface area contributed by atoms with Crippen LogP contribution in [0.2, 0.25) is 0 Å². The predicted molar refractivity (Wildman–Crippen MR) is 103 cm³/mol. The molecule has 0 spiro atoms. The van der Waals surface area contributed by atoms with Gasteiger partial charge in [-0.15, -0.1) is 0 Å². The second-order valence-electron chi connectivity index (χ2n) is 6.81. The summed E-state index contributed by atoms with van der Waals surface area (Å²) in [7, 11) is 4.72. The van der Waals surface area contributed by atoms with Gasteiger partial charge in [-0.3, -0.25) is 22.9 Å². The number of nitrogens with zero attached hydrogens (tertiary/aromatic N) is 5. The molecule has 0 atom stereocenters. The first kappa shape index (κ1) is 17.1. The van der Waals surface area contributed by atoms with Gasteiger partial charge in [-0.2, -0.15) is 4.98 Å². The SMILES string of the molecule is COc1ccc(C)cc1-n1c(C)c(C)n2c3c(=O)n(C)c(=O)n(C)c3nc12. The Labute approximate surface area is 154 Å². The monoisotopic (exact) mass is 367 g/mol. The maximum Gasteiger partial charge on any atom is 0.332 e. The molecule has 3 heterocycles. The van der Waals surface area contributed by atoms with Crippen molar-refractivity contribution in [1.29, 1.82) is 0 Å². The first-order chi connectivity index (χ1) is 12.8. The van der Waals surface area contributed by atoms with Gasteiger partial charge in [-0.1, -0.05) is 6.07 Å².